The first-order valence-electron chi connectivity index (χ1n) is 46.6. The summed E-state index contributed by atoms with van der Waals surface area (Å²) in [4.78, 5) is 129. The van der Waals surface area contributed by atoms with Gasteiger partial charge in [-0.15, -0.1) is 0 Å². The molecule has 4 amide bonds. The van der Waals surface area contributed by atoms with E-state index in [0.29, 0.717) is 129 Å². The Kier molecular flexibility index (Phi) is 66.6. The van der Waals surface area contributed by atoms with Gasteiger partial charge in [0, 0.05) is 77.9 Å². The number of hydrogen-bond acceptors (Lipinski definition) is 34. The van der Waals surface area contributed by atoms with E-state index in [4.69, 9.17) is 114 Å². The number of ether oxygens (including phenoxy) is 24. The lowest BCUT2D eigenvalue weighted by molar-refractivity contribution is -0.158. The lowest BCUT2D eigenvalue weighted by atomic mass is 9.92. The topological polar surface area (TPSA) is 440 Å². The van der Waals surface area contributed by atoms with Gasteiger partial charge in [-0.05, 0) is 168 Å². The molecule has 0 fully saturated rings. The normalized spacial score (nSPS) is 12.4. The number of methoxy groups -OCH3 is 1. The number of alkyl carbamates (subject to hydrolysis) is 1. The Morgan fingerprint density at radius 1 is 0.281 bits per heavy atom. The van der Waals surface area contributed by atoms with E-state index < -0.39 is 64.4 Å². The summed E-state index contributed by atoms with van der Waals surface area (Å²) in [6.45, 7) is 30.7. The average molecular weight is 1920 g/mol. The zero-order valence-electron chi connectivity index (χ0n) is 82.2. The largest absolute Gasteiger partial charge is 0.482 e. The van der Waals surface area contributed by atoms with Crippen LogP contribution in [0.4, 0.5) is 4.79 Å². The second-order valence-corrected chi connectivity index (χ2v) is 34.7. The molecular weight excluding hydrogens is 1770 g/mol. The first-order valence-corrected chi connectivity index (χ1v) is 46.6. The van der Waals surface area contributed by atoms with Crippen LogP contribution in [0.2, 0.25) is 0 Å². The molecule has 4 N–H and O–H groups in total. The molecule has 3 rings (SSSR count). The molecule has 3 aromatic carbocycles. The Balaban J connectivity index is 1.34. The highest BCUT2D eigenvalue weighted by molar-refractivity contribution is 5.90. The summed E-state index contributed by atoms with van der Waals surface area (Å²) in [7, 11) is 1.61. The van der Waals surface area contributed by atoms with Gasteiger partial charge < -0.3 is 135 Å². The SMILES string of the molecule is COCCOCCOCCOCCOCCCC(=O)C(Cc1ccc(OCC(=O)OC(C)(C)C)cc1)NC(=O)CCOCCOCCOCCOCCNC(=O)C(CC(=O)CCOCCOCCOCCOCCCC(=O)C(Cc1ccc(OCC(=O)OC(C)(C)C)cc1)NC(=O)CCOCCOCCOCCOCCNC(=O)OC(C)(C)C)Cc1ccc(OCC(=O)OC(C)(C)C)cc1. The first-order chi connectivity index (χ1) is 64.6. The Morgan fingerprint density at radius 2 is 0.541 bits per heavy atom. The van der Waals surface area contributed by atoms with Crippen molar-refractivity contribution in [1.82, 2.24) is 21.3 Å². The Morgan fingerprint density at radius 3 is 0.837 bits per heavy atom. The van der Waals surface area contributed by atoms with Crippen LogP contribution in [-0.2, 0) is 162 Å². The Labute approximate surface area is 797 Å². The predicted octanol–water partition coefficient (Wildman–Crippen LogP) is 7.84. The second-order valence-electron chi connectivity index (χ2n) is 34.7. The highest BCUT2D eigenvalue weighted by atomic mass is 16.6. The molecule has 0 aromatic heterocycles. The van der Waals surface area contributed by atoms with E-state index in [9.17, 15) is 47.9 Å². The lowest BCUT2D eigenvalue weighted by Crippen LogP contribution is -2.42. The number of benzene rings is 3. The van der Waals surface area contributed by atoms with Crippen molar-refractivity contribution in [2.45, 2.75) is 188 Å². The van der Waals surface area contributed by atoms with E-state index in [1.807, 2.05) is 0 Å². The van der Waals surface area contributed by atoms with Crippen LogP contribution in [0, 0.1) is 5.92 Å². The Bertz CT molecular complexity index is 3660. The fourth-order valence-electron chi connectivity index (χ4n) is 11.8. The molecule has 0 spiro atoms. The zero-order valence-corrected chi connectivity index (χ0v) is 82.2. The quantitative estimate of drug-likeness (QED) is 0.0237. The molecule has 3 aromatic rings. The lowest BCUT2D eigenvalue weighted by Gasteiger charge is -2.20. The van der Waals surface area contributed by atoms with Crippen LogP contribution in [0.5, 0.6) is 17.2 Å². The fraction of sp³-hybridized carbons (Fsp3) is 0.711. The molecule has 768 valence electrons. The molecular formula is C97H156N4O34. The van der Waals surface area contributed by atoms with E-state index in [-0.39, 0.29) is 245 Å². The summed E-state index contributed by atoms with van der Waals surface area (Å²) in [5, 5.41) is 11.3. The van der Waals surface area contributed by atoms with Gasteiger partial charge in [0.2, 0.25) is 17.7 Å². The van der Waals surface area contributed by atoms with Gasteiger partial charge in [0.15, 0.2) is 31.4 Å². The summed E-state index contributed by atoms with van der Waals surface area (Å²) < 4.78 is 133. The summed E-state index contributed by atoms with van der Waals surface area (Å²) in [6.07, 6.45) is 1.29. The second kappa shape index (κ2) is 74.6. The van der Waals surface area contributed by atoms with Crippen molar-refractivity contribution in [1.29, 1.82) is 0 Å². The zero-order chi connectivity index (χ0) is 98.9. The molecule has 38 heteroatoms. The van der Waals surface area contributed by atoms with E-state index >= 15 is 0 Å². The maximum Gasteiger partial charge on any atom is 0.407 e. The van der Waals surface area contributed by atoms with Crippen molar-refractivity contribution in [3.8, 4) is 17.2 Å². The molecule has 3 atom stereocenters. The number of hydrogen-bond donors (Lipinski definition) is 4. The van der Waals surface area contributed by atoms with Crippen molar-refractivity contribution in [3.05, 3.63) is 89.5 Å². The van der Waals surface area contributed by atoms with Crippen LogP contribution in [0.3, 0.4) is 0 Å². The van der Waals surface area contributed by atoms with Crippen molar-refractivity contribution in [3.63, 3.8) is 0 Å². The van der Waals surface area contributed by atoms with E-state index in [2.05, 4.69) is 21.3 Å². The van der Waals surface area contributed by atoms with E-state index in [0.717, 1.165) is 16.7 Å². The van der Waals surface area contributed by atoms with Crippen molar-refractivity contribution >= 4 is 59.1 Å². The minimum absolute atomic E-state index is 0.00296. The number of Topliss-reactive ketones (excluding diaryl/α,β-unsaturated/α-hetero) is 3. The number of carbonyl (C=O) groups excluding carboxylic acids is 10. The first kappa shape index (κ1) is 121. The molecule has 0 saturated heterocycles. The average Bonchev–Trinajstić information content (AvgIpc) is 0.876. The molecule has 38 nitrogen and oxygen atoms in total. The number of ketones is 3. The van der Waals surface area contributed by atoms with Gasteiger partial charge in [-0.2, -0.15) is 0 Å². The number of nitrogens with one attached hydrogen (secondary N) is 4. The van der Waals surface area contributed by atoms with Crippen molar-refractivity contribution in [2.75, 3.05) is 258 Å². The van der Waals surface area contributed by atoms with Crippen molar-refractivity contribution < 1.29 is 162 Å². The molecule has 0 heterocycles. The van der Waals surface area contributed by atoms with Gasteiger partial charge in [0.05, 0.1) is 217 Å². The predicted molar refractivity (Wildman–Crippen MR) is 496 cm³/mol. The molecule has 0 bridgehead atoms. The van der Waals surface area contributed by atoms with Crippen LogP contribution in [-0.4, -0.2) is 352 Å². The highest BCUT2D eigenvalue weighted by Crippen LogP contribution is 2.22. The van der Waals surface area contributed by atoms with Gasteiger partial charge in [-0.25, -0.2) is 19.2 Å². The smallest absolute Gasteiger partial charge is 0.407 e. The number of rotatable bonds is 84. The summed E-state index contributed by atoms with van der Waals surface area (Å²) >= 11 is 0. The maximum absolute atomic E-state index is 13.7. The molecule has 0 aliphatic rings. The van der Waals surface area contributed by atoms with Gasteiger partial charge in [-0.1, -0.05) is 36.4 Å². The number of esters is 3. The molecule has 0 aliphatic heterocycles. The van der Waals surface area contributed by atoms with Crippen LogP contribution in [0.15, 0.2) is 72.8 Å². The number of carbonyl (C=O) groups is 10. The third-order valence-electron chi connectivity index (χ3n) is 18.0. The molecule has 0 saturated carbocycles. The van der Waals surface area contributed by atoms with Crippen LogP contribution < -0.4 is 35.5 Å². The van der Waals surface area contributed by atoms with Crippen molar-refractivity contribution in [2.24, 2.45) is 5.92 Å². The Hall–Kier alpha value is -8.52. The third kappa shape index (κ3) is 71.6. The van der Waals surface area contributed by atoms with Gasteiger partial charge >= 0.3 is 24.0 Å². The van der Waals surface area contributed by atoms with Gasteiger partial charge in [0.25, 0.3) is 0 Å². The molecule has 3 unspecified atom stereocenters. The van der Waals surface area contributed by atoms with Crippen LogP contribution in [0.25, 0.3) is 0 Å². The number of amides is 4. The maximum atomic E-state index is 13.7. The fourth-order valence-corrected chi connectivity index (χ4v) is 11.8. The minimum atomic E-state index is -0.845. The highest BCUT2D eigenvalue weighted by Gasteiger charge is 2.27. The minimum Gasteiger partial charge on any atom is -0.482 e. The third-order valence-corrected chi connectivity index (χ3v) is 18.0. The standard InChI is InChI=1S/C97H156N4O34/c1-94(2,3)132-89(107)72-129-80-24-18-75(19-25-80)68-78(92(110)98-33-40-118-49-56-126-65-63-124-54-47-116-38-31-87(105)101-84(70-77-22-28-82(29-23-77)131-74-91(109)134-96(7,8)9)86(104)17-15-36-114-45-52-122-61-67-128-59-58-120-43-42-112-13)71-79(102)30-37-115-46-53-123-62-60-121-51-44-113-35-14-16-85(103)83(69-76-20-26-81(27-21-76)130-73-90(108)133-95(4,5)6)100-88(106)32-39-117-48-55-125-64-66-127-57-50-119-41-34-99-93(111)135-97(10,11)12/h18-29,78,83-84H,14-17,30-74H2,1-13H3,(H,98,110)(H,99,111)(H,100,106)(H,101,105). The van der Waals surface area contributed by atoms with Gasteiger partial charge in [0.1, 0.15) is 45.4 Å². The van der Waals surface area contributed by atoms with Crippen LogP contribution >= 0.6 is 0 Å². The van der Waals surface area contributed by atoms with E-state index in [1.54, 1.807) is 163 Å². The molecule has 135 heavy (non-hydrogen) atoms. The summed E-state index contributed by atoms with van der Waals surface area (Å²) in [6, 6.07) is 19.1. The van der Waals surface area contributed by atoms with Gasteiger partial charge in [-0.3, -0.25) is 28.8 Å². The summed E-state index contributed by atoms with van der Waals surface area (Å²) in [5.74, 6) is -2.55. The monoisotopic (exact) mass is 1920 g/mol. The molecule has 0 aliphatic carbocycles. The molecule has 0 radical (unpaired) electrons. The van der Waals surface area contributed by atoms with E-state index in [1.165, 1.54) is 0 Å². The van der Waals surface area contributed by atoms with Crippen LogP contribution in [0.1, 0.15) is 151 Å². The summed E-state index contributed by atoms with van der Waals surface area (Å²) in [5.41, 5.74) is -0.285.